The zero-order valence-corrected chi connectivity index (χ0v) is 17.1. The molecule has 0 saturated carbocycles. The van der Waals surface area contributed by atoms with Crippen molar-refractivity contribution in [2.45, 2.75) is 19.9 Å². The number of nitrogens with one attached hydrogen (secondary N) is 2. The van der Waals surface area contributed by atoms with Crippen molar-refractivity contribution in [2.24, 2.45) is 0 Å². The van der Waals surface area contributed by atoms with E-state index in [0.29, 0.717) is 35.6 Å². The van der Waals surface area contributed by atoms with Crippen molar-refractivity contribution < 1.29 is 9.53 Å². The summed E-state index contributed by atoms with van der Waals surface area (Å²) >= 11 is 6.21. The number of fused-ring (bicyclic) bond motifs is 2. The molecule has 0 radical (unpaired) electrons. The van der Waals surface area contributed by atoms with Crippen LogP contribution in [0.15, 0.2) is 41.2 Å². The quantitative estimate of drug-likeness (QED) is 0.689. The summed E-state index contributed by atoms with van der Waals surface area (Å²) in [6.07, 6.45) is 0.683. The number of hydrogen-bond acceptors (Lipinski definition) is 4. The number of H-pyrrole nitrogens is 1. The van der Waals surface area contributed by atoms with Crippen LogP contribution in [0, 0.1) is 6.92 Å². The van der Waals surface area contributed by atoms with Crippen molar-refractivity contribution in [1.29, 1.82) is 0 Å². The standard InChI is InChI=1S/C22H22ClN3O3/c1-13-18(23)8-7-16-21(13)25-19-9-10-26(11-17(19)22(16)28)12-20(27)24-14-3-5-15(29-2)6-4-14/h3-8H,9-12H2,1-2H3,(H,24,27)(H,25,28). The Morgan fingerprint density at radius 3 is 2.72 bits per heavy atom. The molecule has 1 aromatic heterocycles. The lowest BCUT2D eigenvalue weighted by molar-refractivity contribution is -0.117. The Balaban J connectivity index is 1.51. The number of rotatable bonds is 4. The van der Waals surface area contributed by atoms with Crippen molar-refractivity contribution >= 4 is 34.1 Å². The highest BCUT2D eigenvalue weighted by Crippen LogP contribution is 2.25. The second kappa shape index (κ2) is 7.89. The molecule has 3 aromatic rings. The van der Waals surface area contributed by atoms with Crippen LogP contribution < -0.4 is 15.5 Å². The fourth-order valence-corrected chi connectivity index (χ4v) is 3.89. The predicted molar refractivity (Wildman–Crippen MR) is 115 cm³/mol. The largest absolute Gasteiger partial charge is 0.497 e. The van der Waals surface area contributed by atoms with Crippen molar-refractivity contribution in [3.05, 3.63) is 68.5 Å². The Morgan fingerprint density at radius 1 is 1.24 bits per heavy atom. The van der Waals surface area contributed by atoms with Crippen LogP contribution >= 0.6 is 11.6 Å². The predicted octanol–water partition coefficient (Wildman–Crippen LogP) is 3.50. The van der Waals surface area contributed by atoms with E-state index >= 15 is 0 Å². The van der Waals surface area contributed by atoms with Gasteiger partial charge in [-0.1, -0.05) is 11.6 Å². The maximum absolute atomic E-state index is 13.0. The van der Waals surface area contributed by atoms with Crippen molar-refractivity contribution in [1.82, 2.24) is 9.88 Å². The molecule has 0 bridgehead atoms. The number of benzene rings is 2. The molecule has 1 aliphatic rings. The molecule has 4 rings (SSSR count). The van der Waals surface area contributed by atoms with Crippen LogP contribution in [0.2, 0.25) is 5.02 Å². The van der Waals surface area contributed by atoms with E-state index in [1.807, 2.05) is 11.8 Å². The van der Waals surface area contributed by atoms with Crippen molar-refractivity contribution in [2.75, 3.05) is 25.5 Å². The van der Waals surface area contributed by atoms with Gasteiger partial charge in [-0.15, -0.1) is 0 Å². The monoisotopic (exact) mass is 411 g/mol. The van der Waals surface area contributed by atoms with Gasteiger partial charge in [-0.25, -0.2) is 0 Å². The molecule has 0 unspecified atom stereocenters. The lowest BCUT2D eigenvalue weighted by atomic mass is 10.0. The van der Waals surface area contributed by atoms with Gasteiger partial charge >= 0.3 is 0 Å². The van der Waals surface area contributed by atoms with Crippen molar-refractivity contribution in [3.63, 3.8) is 0 Å². The van der Waals surface area contributed by atoms with Crippen LogP contribution in [0.25, 0.3) is 10.9 Å². The highest BCUT2D eigenvalue weighted by Gasteiger charge is 2.23. The molecule has 6 nitrogen and oxygen atoms in total. The molecular formula is C22H22ClN3O3. The number of aromatic nitrogens is 1. The number of hydrogen-bond donors (Lipinski definition) is 2. The van der Waals surface area contributed by atoms with Gasteiger partial charge in [-0.2, -0.15) is 0 Å². The Kier molecular flexibility index (Phi) is 5.30. The first-order valence-corrected chi connectivity index (χ1v) is 9.83. The van der Waals surface area contributed by atoms with Gasteiger partial charge in [0.05, 0.1) is 19.2 Å². The first-order valence-electron chi connectivity index (χ1n) is 9.45. The van der Waals surface area contributed by atoms with E-state index in [2.05, 4.69) is 10.3 Å². The van der Waals surface area contributed by atoms with E-state index in [4.69, 9.17) is 16.3 Å². The van der Waals surface area contributed by atoms with E-state index < -0.39 is 0 Å². The van der Waals surface area contributed by atoms with E-state index in [0.717, 1.165) is 28.1 Å². The van der Waals surface area contributed by atoms with Gasteiger partial charge < -0.3 is 15.0 Å². The minimum absolute atomic E-state index is 0.00813. The smallest absolute Gasteiger partial charge is 0.238 e. The van der Waals surface area contributed by atoms with Gasteiger partial charge in [0.15, 0.2) is 5.43 Å². The molecule has 0 fully saturated rings. The minimum Gasteiger partial charge on any atom is -0.497 e. The third kappa shape index (κ3) is 3.86. The summed E-state index contributed by atoms with van der Waals surface area (Å²) in [5, 5.41) is 4.16. The topological polar surface area (TPSA) is 74.4 Å². The molecule has 29 heavy (non-hydrogen) atoms. The molecule has 150 valence electrons. The van der Waals surface area contributed by atoms with E-state index in [9.17, 15) is 9.59 Å². The normalized spacial score (nSPS) is 13.9. The van der Waals surface area contributed by atoms with Gasteiger partial charge in [0.1, 0.15) is 5.75 Å². The molecule has 2 aromatic carbocycles. The average Bonchev–Trinajstić information content (AvgIpc) is 2.72. The van der Waals surface area contributed by atoms with Crippen LogP contribution in [0.4, 0.5) is 5.69 Å². The Bertz CT molecular complexity index is 1140. The van der Waals surface area contributed by atoms with Gasteiger partial charge in [-0.05, 0) is 48.9 Å². The molecular weight excluding hydrogens is 390 g/mol. The van der Waals surface area contributed by atoms with Gasteiger partial charge in [-0.3, -0.25) is 14.5 Å². The zero-order chi connectivity index (χ0) is 20.5. The van der Waals surface area contributed by atoms with Crippen LogP contribution in [-0.4, -0.2) is 36.0 Å². The summed E-state index contributed by atoms with van der Waals surface area (Å²) in [4.78, 5) is 30.8. The summed E-state index contributed by atoms with van der Waals surface area (Å²) < 4.78 is 5.12. The van der Waals surface area contributed by atoms with Crippen LogP contribution in [-0.2, 0) is 17.8 Å². The fourth-order valence-electron chi connectivity index (χ4n) is 3.73. The van der Waals surface area contributed by atoms with Crippen LogP contribution in [0.3, 0.4) is 0 Å². The zero-order valence-electron chi connectivity index (χ0n) is 16.3. The molecule has 1 amide bonds. The summed E-state index contributed by atoms with van der Waals surface area (Å²) in [6, 6.07) is 10.7. The Morgan fingerprint density at radius 2 is 2.00 bits per heavy atom. The Labute approximate surface area is 173 Å². The number of pyridine rings is 1. The third-order valence-electron chi connectivity index (χ3n) is 5.36. The molecule has 1 aliphatic heterocycles. The molecule has 7 heteroatoms. The number of halogens is 1. The molecule has 2 N–H and O–H groups in total. The molecule has 0 aliphatic carbocycles. The summed E-state index contributed by atoms with van der Waals surface area (Å²) in [5.41, 5.74) is 4.05. The SMILES string of the molecule is COc1ccc(NC(=O)CN2CCc3[nH]c4c(C)c(Cl)ccc4c(=O)c3C2)cc1. The average molecular weight is 412 g/mol. The molecule has 0 spiro atoms. The number of aromatic amines is 1. The lowest BCUT2D eigenvalue weighted by Gasteiger charge is -2.28. The summed E-state index contributed by atoms with van der Waals surface area (Å²) in [5.74, 6) is 0.622. The maximum atomic E-state index is 13.0. The summed E-state index contributed by atoms with van der Waals surface area (Å²) in [6.45, 7) is 3.27. The van der Waals surface area contributed by atoms with Gasteiger partial charge in [0.25, 0.3) is 0 Å². The van der Waals surface area contributed by atoms with Crippen LogP contribution in [0.5, 0.6) is 5.75 Å². The number of amides is 1. The van der Waals surface area contributed by atoms with Crippen LogP contribution in [0.1, 0.15) is 16.8 Å². The number of ether oxygens (including phenoxy) is 1. The van der Waals surface area contributed by atoms with E-state index in [-0.39, 0.29) is 17.9 Å². The second-order valence-corrected chi connectivity index (χ2v) is 7.65. The molecule has 0 atom stereocenters. The first kappa shape index (κ1) is 19.5. The summed E-state index contributed by atoms with van der Waals surface area (Å²) in [7, 11) is 1.60. The number of methoxy groups -OCH3 is 1. The van der Waals surface area contributed by atoms with Gasteiger partial charge in [0, 0.05) is 46.9 Å². The Hall–Kier alpha value is -2.83. The highest BCUT2D eigenvalue weighted by atomic mass is 35.5. The number of carbonyl (C=O) groups excluding carboxylic acids is 1. The lowest BCUT2D eigenvalue weighted by Crippen LogP contribution is -2.39. The number of carbonyl (C=O) groups is 1. The molecule has 0 saturated heterocycles. The fraction of sp³-hybridized carbons (Fsp3) is 0.273. The number of anilines is 1. The van der Waals surface area contributed by atoms with Crippen molar-refractivity contribution in [3.8, 4) is 5.75 Å². The van der Waals surface area contributed by atoms with Gasteiger partial charge in [0.2, 0.25) is 5.91 Å². The number of nitrogens with zero attached hydrogens (tertiary/aromatic N) is 1. The highest BCUT2D eigenvalue weighted by molar-refractivity contribution is 6.32. The number of aryl methyl sites for hydroxylation is 1. The minimum atomic E-state index is -0.113. The maximum Gasteiger partial charge on any atom is 0.238 e. The van der Waals surface area contributed by atoms with E-state index in [1.54, 1.807) is 43.5 Å². The molecule has 2 heterocycles. The second-order valence-electron chi connectivity index (χ2n) is 7.24. The van der Waals surface area contributed by atoms with E-state index in [1.165, 1.54) is 0 Å². The third-order valence-corrected chi connectivity index (χ3v) is 5.77. The first-order chi connectivity index (χ1) is 14.0.